The topological polar surface area (TPSA) is 59.0 Å². The van der Waals surface area contributed by atoms with Crippen LogP contribution < -0.4 is 10.6 Å². The Morgan fingerprint density at radius 3 is 3.10 bits per heavy atom. The SMILES string of the molecule is Cn1ccnc1CCNC(=O)C1CC2CCCCC2N1. The highest BCUT2D eigenvalue weighted by Crippen LogP contribution is 2.33. The maximum atomic E-state index is 12.2. The van der Waals surface area contributed by atoms with E-state index in [1.54, 1.807) is 6.20 Å². The van der Waals surface area contributed by atoms with Crippen molar-refractivity contribution in [3.05, 3.63) is 18.2 Å². The van der Waals surface area contributed by atoms with Crippen LogP contribution in [0, 0.1) is 5.92 Å². The zero-order valence-electron chi connectivity index (χ0n) is 12.1. The number of hydrogen-bond acceptors (Lipinski definition) is 3. The zero-order valence-corrected chi connectivity index (χ0v) is 12.1. The van der Waals surface area contributed by atoms with Crippen LogP contribution in [0.15, 0.2) is 12.4 Å². The fraction of sp³-hybridized carbons (Fsp3) is 0.733. The quantitative estimate of drug-likeness (QED) is 0.862. The molecule has 3 unspecified atom stereocenters. The van der Waals surface area contributed by atoms with E-state index in [0.29, 0.717) is 18.5 Å². The molecule has 5 heteroatoms. The average molecular weight is 276 g/mol. The molecule has 0 radical (unpaired) electrons. The molecular formula is C15H24N4O. The van der Waals surface area contributed by atoms with Crippen molar-refractivity contribution in [1.29, 1.82) is 0 Å². The molecule has 1 saturated heterocycles. The number of carbonyl (C=O) groups excluding carboxylic acids is 1. The molecule has 2 fully saturated rings. The standard InChI is InChI=1S/C15H24N4O/c1-19-9-8-16-14(19)6-7-17-15(20)13-10-11-4-2-3-5-12(11)18-13/h8-9,11-13,18H,2-7,10H2,1H3,(H,17,20). The number of rotatable bonds is 4. The maximum absolute atomic E-state index is 12.2. The van der Waals surface area contributed by atoms with Crippen LogP contribution in [0.4, 0.5) is 0 Å². The van der Waals surface area contributed by atoms with Gasteiger partial charge in [-0.3, -0.25) is 4.79 Å². The summed E-state index contributed by atoms with van der Waals surface area (Å²) in [5.41, 5.74) is 0. The Morgan fingerprint density at radius 1 is 1.50 bits per heavy atom. The number of amides is 1. The minimum Gasteiger partial charge on any atom is -0.354 e. The van der Waals surface area contributed by atoms with E-state index in [4.69, 9.17) is 0 Å². The van der Waals surface area contributed by atoms with Crippen molar-refractivity contribution in [2.75, 3.05) is 6.54 Å². The average Bonchev–Trinajstić information content (AvgIpc) is 3.05. The molecule has 110 valence electrons. The lowest BCUT2D eigenvalue weighted by Gasteiger charge is -2.24. The van der Waals surface area contributed by atoms with Gasteiger partial charge in [0.2, 0.25) is 5.91 Å². The van der Waals surface area contributed by atoms with E-state index in [-0.39, 0.29) is 11.9 Å². The van der Waals surface area contributed by atoms with E-state index < -0.39 is 0 Å². The van der Waals surface area contributed by atoms with Gasteiger partial charge in [-0.15, -0.1) is 0 Å². The number of hydrogen-bond donors (Lipinski definition) is 2. The molecule has 2 aliphatic rings. The third kappa shape index (κ3) is 2.87. The largest absolute Gasteiger partial charge is 0.354 e. The molecule has 1 saturated carbocycles. The first-order valence-corrected chi connectivity index (χ1v) is 7.74. The molecule has 0 bridgehead atoms. The van der Waals surface area contributed by atoms with Crippen LogP contribution in [0.5, 0.6) is 0 Å². The van der Waals surface area contributed by atoms with Gasteiger partial charge in [-0.25, -0.2) is 4.98 Å². The fourth-order valence-electron chi connectivity index (χ4n) is 3.58. The molecule has 2 heterocycles. The molecule has 20 heavy (non-hydrogen) atoms. The normalized spacial score (nSPS) is 29.1. The molecule has 1 aromatic rings. The molecule has 2 N–H and O–H groups in total. The lowest BCUT2D eigenvalue weighted by atomic mass is 9.85. The predicted molar refractivity (Wildman–Crippen MR) is 77.2 cm³/mol. The minimum absolute atomic E-state index is 0.0180. The van der Waals surface area contributed by atoms with E-state index >= 15 is 0 Å². The summed E-state index contributed by atoms with van der Waals surface area (Å²) in [6.45, 7) is 0.664. The van der Waals surface area contributed by atoms with Gasteiger partial charge in [0, 0.05) is 38.4 Å². The number of carbonyl (C=O) groups is 1. The van der Waals surface area contributed by atoms with Crippen LogP contribution in [0.2, 0.25) is 0 Å². The number of nitrogens with one attached hydrogen (secondary N) is 2. The third-order valence-electron chi connectivity index (χ3n) is 4.75. The Labute approximate surface area is 120 Å². The van der Waals surface area contributed by atoms with Crippen molar-refractivity contribution in [3.8, 4) is 0 Å². The van der Waals surface area contributed by atoms with Crippen molar-refractivity contribution in [2.24, 2.45) is 13.0 Å². The zero-order chi connectivity index (χ0) is 13.9. The Hall–Kier alpha value is -1.36. The molecule has 0 aromatic carbocycles. The molecule has 1 amide bonds. The van der Waals surface area contributed by atoms with Crippen molar-refractivity contribution >= 4 is 5.91 Å². The van der Waals surface area contributed by atoms with Crippen molar-refractivity contribution in [3.63, 3.8) is 0 Å². The summed E-state index contributed by atoms with van der Waals surface area (Å²) >= 11 is 0. The molecule has 1 aliphatic heterocycles. The number of nitrogens with zero attached hydrogens (tertiary/aromatic N) is 2. The summed E-state index contributed by atoms with van der Waals surface area (Å²) < 4.78 is 1.99. The molecule has 5 nitrogen and oxygen atoms in total. The highest BCUT2D eigenvalue weighted by Gasteiger charge is 2.37. The molecular weight excluding hydrogens is 252 g/mol. The highest BCUT2D eigenvalue weighted by atomic mass is 16.2. The van der Waals surface area contributed by atoms with Gasteiger partial charge in [-0.05, 0) is 25.2 Å². The fourth-order valence-corrected chi connectivity index (χ4v) is 3.58. The minimum atomic E-state index is 0.0180. The first kappa shape index (κ1) is 13.6. The van der Waals surface area contributed by atoms with Gasteiger partial charge < -0.3 is 15.2 Å². The molecule has 0 spiro atoms. The molecule has 3 atom stereocenters. The van der Waals surface area contributed by atoms with Crippen LogP contribution in [0.3, 0.4) is 0 Å². The van der Waals surface area contributed by atoms with Gasteiger partial charge in [-0.1, -0.05) is 12.8 Å². The lowest BCUT2D eigenvalue weighted by Crippen LogP contribution is -2.43. The number of fused-ring (bicyclic) bond motifs is 1. The van der Waals surface area contributed by atoms with Crippen molar-refractivity contribution in [1.82, 2.24) is 20.2 Å². The van der Waals surface area contributed by atoms with E-state index in [1.807, 2.05) is 17.8 Å². The second-order valence-electron chi connectivity index (χ2n) is 6.10. The summed E-state index contributed by atoms with van der Waals surface area (Å²) in [5.74, 6) is 1.89. The summed E-state index contributed by atoms with van der Waals surface area (Å²) in [6.07, 6.45) is 10.7. The first-order valence-electron chi connectivity index (χ1n) is 7.74. The van der Waals surface area contributed by atoms with E-state index in [2.05, 4.69) is 15.6 Å². The number of aromatic nitrogens is 2. The monoisotopic (exact) mass is 276 g/mol. The van der Waals surface area contributed by atoms with Gasteiger partial charge in [-0.2, -0.15) is 0 Å². The third-order valence-corrected chi connectivity index (χ3v) is 4.75. The van der Waals surface area contributed by atoms with Crippen molar-refractivity contribution in [2.45, 2.75) is 50.6 Å². The molecule has 3 rings (SSSR count). The number of aryl methyl sites for hydroxylation is 1. The Kier molecular flexibility index (Phi) is 4.05. The second kappa shape index (κ2) is 5.95. The first-order chi connectivity index (χ1) is 9.74. The summed E-state index contributed by atoms with van der Waals surface area (Å²) in [6, 6.07) is 0.596. The molecule has 1 aliphatic carbocycles. The van der Waals surface area contributed by atoms with E-state index in [9.17, 15) is 4.79 Å². The highest BCUT2D eigenvalue weighted by molar-refractivity contribution is 5.82. The summed E-state index contributed by atoms with van der Waals surface area (Å²) in [5, 5.41) is 6.56. The summed E-state index contributed by atoms with van der Waals surface area (Å²) in [7, 11) is 1.98. The van der Waals surface area contributed by atoms with Crippen LogP contribution >= 0.6 is 0 Å². The van der Waals surface area contributed by atoms with Gasteiger partial charge in [0.25, 0.3) is 0 Å². The smallest absolute Gasteiger partial charge is 0.237 e. The van der Waals surface area contributed by atoms with Gasteiger partial charge in [0.05, 0.1) is 6.04 Å². The lowest BCUT2D eigenvalue weighted by molar-refractivity contribution is -0.122. The van der Waals surface area contributed by atoms with E-state index in [1.165, 1.54) is 25.7 Å². The molecule has 1 aromatic heterocycles. The van der Waals surface area contributed by atoms with Crippen LogP contribution in [-0.2, 0) is 18.3 Å². The maximum Gasteiger partial charge on any atom is 0.237 e. The second-order valence-corrected chi connectivity index (χ2v) is 6.10. The number of imidazole rings is 1. The van der Waals surface area contributed by atoms with Gasteiger partial charge in [0.1, 0.15) is 5.82 Å². The Morgan fingerprint density at radius 2 is 2.35 bits per heavy atom. The van der Waals surface area contributed by atoms with Crippen LogP contribution in [0.1, 0.15) is 37.9 Å². The predicted octanol–water partition coefficient (Wildman–Crippen LogP) is 0.999. The Balaban J connectivity index is 1.44. The Bertz CT molecular complexity index is 456. The van der Waals surface area contributed by atoms with Gasteiger partial charge >= 0.3 is 0 Å². The summed E-state index contributed by atoms with van der Waals surface area (Å²) in [4.78, 5) is 16.5. The van der Waals surface area contributed by atoms with Gasteiger partial charge in [0.15, 0.2) is 0 Å². The van der Waals surface area contributed by atoms with Crippen molar-refractivity contribution < 1.29 is 4.79 Å². The van der Waals surface area contributed by atoms with Crippen LogP contribution in [-0.4, -0.2) is 34.1 Å². The van der Waals surface area contributed by atoms with E-state index in [0.717, 1.165) is 18.7 Å². The van der Waals surface area contributed by atoms with Crippen LogP contribution in [0.25, 0.3) is 0 Å².